The van der Waals surface area contributed by atoms with E-state index in [2.05, 4.69) is 10.6 Å². The predicted molar refractivity (Wildman–Crippen MR) is 56.6 cm³/mol. The van der Waals surface area contributed by atoms with Gasteiger partial charge < -0.3 is 10.6 Å². The predicted octanol–water partition coefficient (Wildman–Crippen LogP) is 0.950. The molecule has 0 bridgehead atoms. The molecule has 5 heteroatoms. The van der Waals surface area contributed by atoms with Crippen molar-refractivity contribution in [2.24, 2.45) is 0 Å². The number of nitrogens with one attached hydrogen (secondary N) is 2. The molecule has 1 amide bonds. The zero-order valence-electron chi connectivity index (χ0n) is 7.61. The van der Waals surface area contributed by atoms with Crippen molar-refractivity contribution < 1.29 is 4.79 Å². The number of carbonyl (C=O) groups excluding carboxylic acids is 1. The molecule has 0 spiro atoms. The summed E-state index contributed by atoms with van der Waals surface area (Å²) in [6.45, 7) is 2.52. The minimum absolute atomic E-state index is 0.0413. The average molecular weight is 227 g/mol. The number of carbonyl (C=O) groups is 1. The van der Waals surface area contributed by atoms with Gasteiger partial charge in [-0.3, -0.25) is 4.79 Å². The second kappa shape index (κ2) is 10.1. The van der Waals surface area contributed by atoms with Gasteiger partial charge in [-0.2, -0.15) is 0 Å². The Labute approximate surface area is 89.2 Å². The fourth-order valence-electron chi connectivity index (χ4n) is 0.805. The molecule has 0 aromatic rings. The van der Waals surface area contributed by atoms with Gasteiger partial charge in [-0.25, -0.2) is 0 Å². The third-order valence-electron chi connectivity index (χ3n) is 1.46. The van der Waals surface area contributed by atoms with E-state index in [0.29, 0.717) is 12.4 Å². The normalized spacial score (nSPS) is 10.0. The van der Waals surface area contributed by atoms with Crippen molar-refractivity contribution in [3.8, 4) is 0 Å². The van der Waals surface area contributed by atoms with Gasteiger partial charge in [-0.05, 0) is 25.9 Å². The van der Waals surface area contributed by atoms with Gasteiger partial charge in [0.1, 0.15) is 5.88 Å². The summed E-state index contributed by atoms with van der Waals surface area (Å²) in [6.07, 6.45) is 1.90. The van der Waals surface area contributed by atoms with Crippen LogP contribution in [0.25, 0.3) is 0 Å². The quantitative estimate of drug-likeness (QED) is 0.478. The lowest BCUT2D eigenvalue weighted by Crippen LogP contribution is -2.28. The molecule has 78 valence electrons. The Hall–Kier alpha value is 0.01000. The van der Waals surface area contributed by atoms with E-state index in [0.717, 1.165) is 25.9 Å². The van der Waals surface area contributed by atoms with Crippen molar-refractivity contribution in [1.82, 2.24) is 10.6 Å². The number of rotatable bonds is 8. The van der Waals surface area contributed by atoms with E-state index in [9.17, 15) is 4.79 Å². The van der Waals surface area contributed by atoms with E-state index < -0.39 is 0 Å². The third kappa shape index (κ3) is 9.93. The van der Waals surface area contributed by atoms with Crippen LogP contribution in [-0.4, -0.2) is 37.3 Å². The molecule has 0 atom stereocenters. The second-order valence-electron chi connectivity index (χ2n) is 2.63. The Kier molecular flexibility index (Phi) is 10.1. The largest absolute Gasteiger partial charge is 0.355 e. The topological polar surface area (TPSA) is 41.1 Å². The number of hydrogen-bond acceptors (Lipinski definition) is 2. The highest BCUT2D eigenvalue weighted by molar-refractivity contribution is 6.27. The van der Waals surface area contributed by atoms with Crippen molar-refractivity contribution in [2.45, 2.75) is 12.8 Å². The molecule has 0 saturated carbocycles. The number of hydrogen-bond donors (Lipinski definition) is 2. The highest BCUT2D eigenvalue weighted by atomic mass is 35.5. The van der Waals surface area contributed by atoms with Gasteiger partial charge in [-0.15, -0.1) is 23.2 Å². The monoisotopic (exact) mass is 226 g/mol. The van der Waals surface area contributed by atoms with E-state index in [-0.39, 0.29) is 11.8 Å². The van der Waals surface area contributed by atoms with E-state index in [1.807, 2.05) is 0 Å². The summed E-state index contributed by atoms with van der Waals surface area (Å²) < 4.78 is 0. The van der Waals surface area contributed by atoms with Crippen LogP contribution in [0.2, 0.25) is 0 Å². The van der Waals surface area contributed by atoms with Crippen LogP contribution in [0.5, 0.6) is 0 Å². The molecular weight excluding hydrogens is 211 g/mol. The third-order valence-corrected chi connectivity index (χ3v) is 1.97. The highest BCUT2D eigenvalue weighted by Crippen LogP contribution is 1.82. The number of alkyl halides is 2. The van der Waals surface area contributed by atoms with Gasteiger partial charge in [0.15, 0.2) is 0 Å². The van der Waals surface area contributed by atoms with Crippen LogP contribution >= 0.6 is 23.2 Å². The molecular formula is C8H16Cl2N2O. The maximum absolute atomic E-state index is 10.7. The maximum atomic E-state index is 10.7. The van der Waals surface area contributed by atoms with Crippen LogP contribution in [0.1, 0.15) is 12.8 Å². The summed E-state index contributed by atoms with van der Waals surface area (Å²) in [5.74, 6) is 0.623. The van der Waals surface area contributed by atoms with Crippen LogP contribution in [0.3, 0.4) is 0 Å². The molecule has 0 aliphatic rings. The second-order valence-corrected chi connectivity index (χ2v) is 3.27. The summed E-state index contributed by atoms with van der Waals surface area (Å²) in [4.78, 5) is 10.7. The lowest BCUT2D eigenvalue weighted by Gasteiger charge is -2.04. The minimum Gasteiger partial charge on any atom is -0.355 e. The summed E-state index contributed by atoms with van der Waals surface area (Å²) in [7, 11) is 0. The van der Waals surface area contributed by atoms with Crippen LogP contribution < -0.4 is 10.6 Å². The first kappa shape index (κ1) is 13.0. The SMILES string of the molecule is O=C(CCl)NCCCNCCCCl. The van der Waals surface area contributed by atoms with Crippen molar-refractivity contribution in [2.75, 3.05) is 31.4 Å². The molecule has 0 heterocycles. The van der Waals surface area contributed by atoms with Crippen LogP contribution in [-0.2, 0) is 4.79 Å². The first-order valence-corrected chi connectivity index (χ1v) is 5.47. The van der Waals surface area contributed by atoms with Crippen LogP contribution in [0.15, 0.2) is 0 Å². The first-order valence-electron chi connectivity index (χ1n) is 4.40. The van der Waals surface area contributed by atoms with Crippen molar-refractivity contribution in [3.63, 3.8) is 0 Å². The molecule has 0 fully saturated rings. The van der Waals surface area contributed by atoms with E-state index in [1.165, 1.54) is 0 Å². The van der Waals surface area contributed by atoms with Gasteiger partial charge in [0.2, 0.25) is 5.91 Å². The lowest BCUT2D eigenvalue weighted by molar-refractivity contribution is -0.118. The Morgan fingerprint density at radius 2 is 1.77 bits per heavy atom. The fraction of sp³-hybridized carbons (Fsp3) is 0.875. The maximum Gasteiger partial charge on any atom is 0.234 e. The Balaban J connectivity index is 2.95. The number of halogens is 2. The summed E-state index contributed by atoms with van der Waals surface area (Å²) in [6, 6.07) is 0. The summed E-state index contributed by atoms with van der Waals surface area (Å²) in [5, 5.41) is 5.90. The standard InChI is InChI=1S/C8H16Cl2N2O/c9-3-1-4-11-5-2-6-12-8(13)7-10/h11H,1-7H2,(H,12,13). The van der Waals surface area contributed by atoms with Gasteiger partial charge in [0.05, 0.1) is 0 Å². The first-order chi connectivity index (χ1) is 6.31. The van der Waals surface area contributed by atoms with Gasteiger partial charge in [0, 0.05) is 12.4 Å². The molecule has 0 aliphatic carbocycles. The zero-order chi connectivity index (χ0) is 9.94. The Morgan fingerprint density at radius 3 is 2.38 bits per heavy atom. The van der Waals surface area contributed by atoms with Crippen LogP contribution in [0, 0.1) is 0 Å². The lowest BCUT2D eigenvalue weighted by atomic mass is 10.4. The fourth-order valence-corrected chi connectivity index (χ4v) is 1.03. The van der Waals surface area contributed by atoms with Gasteiger partial charge in [0.25, 0.3) is 0 Å². The van der Waals surface area contributed by atoms with Gasteiger partial charge in [-0.1, -0.05) is 0 Å². The molecule has 13 heavy (non-hydrogen) atoms. The summed E-state index contributed by atoms with van der Waals surface area (Å²) >= 11 is 10.8. The number of amides is 1. The molecule has 0 rings (SSSR count). The Morgan fingerprint density at radius 1 is 1.08 bits per heavy atom. The molecule has 0 aromatic carbocycles. The summed E-state index contributed by atoms with van der Waals surface area (Å²) in [5.41, 5.74) is 0. The van der Waals surface area contributed by atoms with Gasteiger partial charge >= 0.3 is 0 Å². The molecule has 2 N–H and O–H groups in total. The van der Waals surface area contributed by atoms with Crippen molar-refractivity contribution in [3.05, 3.63) is 0 Å². The van der Waals surface area contributed by atoms with E-state index >= 15 is 0 Å². The van der Waals surface area contributed by atoms with Crippen molar-refractivity contribution in [1.29, 1.82) is 0 Å². The molecule has 0 saturated heterocycles. The Bertz CT molecular complexity index is 133. The molecule has 3 nitrogen and oxygen atoms in total. The zero-order valence-corrected chi connectivity index (χ0v) is 9.13. The molecule has 0 aromatic heterocycles. The highest BCUT2D eigenvalue weighted by Gasteiger charge is 1.95. The molecule has 0 radical (unpaired) electrons. The van der Waals surface area contributed by atoms with E-state index in [4.69, 9.17) is 23.2 Å². The van der Waals surface area contributed by atoms with Crippen molar-refractivity contribution >= 4 is 29.1 Å². The molecule has 0 unspecified atom stereocenters. The molecule has 0 aliphatic heterocycles. The van der Waals surface area contributed by atoms with Crippen LogP contribution in [0.4, 0.5) is 0 Å². The average Bonchev–Trinajstić information content (AvgIpc) is 2.16. The van der Waals surface area contributed by atoms with E-state index in [1.54, 1.807) is 0 Å². The minimum atomic E-state index is -0.109. The smallest absolute Gasteiger partial charge is 0.234 e.